The van der Waals surface area contributed by atoms with E-state index in [9.17, 15) is 13.2 Å². The third-order valence-corrected chi connectivity index (χ3v) is 6.17. The number of methoxy groups -OCH3 is 1. The number of aryl methyl sites for hydroxylation is 2. The summed E-state index contributed by atoms with van der Waals surface area (Å²) in [5, 5.41) is 2.84. The van der Waals surface area contributed by atoms with Crippen molar-refractivity contribution in [3.05, 3.63) is 53.1 Å². The molecule has 0 aromatic heterocycles. The van der Waals surface area contributed by atoms with E-state index < -0.39 is 10.0 Å². The number of carbonyl (C=O) groups is 1. The summed E-state index contributed by atoms with van der Waals surface area (Å²) in [6, 6.07) is 10.6. The van der Waals surface area contributed by atoms with E-state index in [2.05, 4.69) is 5.32 Å². The van der Waals surface area contributed by atoms with Crippen molar-refractivity contribution in [1.29, 1.82) is 0 Å². The van der Waals surface area contributed by atoms with Gasteiger partial charge in [-0.1, -0.05) is 17.2 Å². The van der Waals surface area contributed by atoms with Gasteiger partial charge in [-0.3, -0.25) is 9.10 Å². The molecule has 1 aliphatic rings. The summed E-state index contributed by atoms with van der Waals surface area (Å²) in [6.45, 7) is 4.34. The van der Waals surface area contributed by atoms with Crippen LogP contribution < -0.4 is 14.4 Å². The second-order valence-corrected chi connectivity index (χ2v) is 8.47. The Bertz CT molecular complexity index is 934. The first-order valence-corrected chi connectivity index (χ1v) is 9.99. The molecule has 1 N–H and O–H groups in total. The molecular formula is C19H22N2O4S. The predicted octanol–water partition coefficient (Wildman–Crippen LogP) is 3.10. The maximum atomic E-state index is 12.6. The highest BCUT2D eigenvalue weighted by atomic mass is 32.2. The Balaban J connectivity index is 1.87. The summed E-state index contributed by atoms with van der Waals surface area (Å²) in [5.41, 5.74) is 3.63. The largest absolute Gasteiger partial charge is 0.494 e. The number of ether oxygens (including phenoxy) is 1. The number of anilines is 2. The lowest BCUT2D eigenvalue weighted by Crippen LogP contribution is -2.25. The molecule has 0 atom stereocenters. The van der Waals surface area contributed by atoms with Gasteiger partial charge in [-0.25, -0.2) is 8.42 Å². The van der Waals surface area contributed by atoms with Crippen LogP contribution in [-0.2, 0) is 10.0 Å². The number of amides is 1. The molecule has 1 aliphatic heterocycles. The third kappa shape index (κ3) is 3.67. The number of nitrogens with zero attached hydrogens (tertiary/aromatic N) is 1. The highest BCUT2D eigenvalue weighted by molar-refractivity contribution is 7.93. The summed E-state index contributed by atoms with van der Waals surface area (Å²) in [6.07, 6.45) is 0.607. The molecule has 0 bridgehead atoms. The topological polar surface area (TPSA) is 75.7 Å². The smallest absolute Gasteiger partial charge is 0.255 e. The van der Waals surface area contributed by atoms with E-state index in [0.29, 0.717) is 35.7 Å². The zero-order valence-corrected chi connectivity index (χ0v) is 15.9. The molecule has 138 valence electrons. The van der Waals surface area contributed by atoms with Crippen molar-refractivity contribution >= 4 is 27.3 Å². The van der Waals surface area contributed by atoms with Gasteiger partial charge in [0.2, 0.25) is 10.0 Å². The van der Waals surface area contributed by atoms with E-state index in [1.807, 2.05) is 32.0 Å². The van der Waals surface area contributed by atoms with Crippen LogP contribution in [0.25, 0.3) is 0 Å². The van der Waals surface area contributed by atoms with Gasteiger partial charge >= 0.3 is 0 Å². The van der Waals surface area contributed by atoms with Crippen molar-refractivity contribution in [2.24, 2.45) is 0 Å². The molecule has 6 nitrogen and oxygen atoms in total. The molecule has 0 aliphatic carbocycles. The lowest BCUT2D eigenvalue weighted by Gasteiger charge is -2.19. The van der Waals surface area contributed by atoms with Crippen molar-refractivity contribution in [2.75, 3.05) is 29.0 Å². The molecule has 0 spiro atoms. The highest BCUT2D eigenvalue weighted by Gasteiger charge is 2.29. The molecule has 0 unspecified atom stereocenters. The predicted molar refractivity (Wildman–Crippen MR) is 103 cm³/mol. The fourth-order valence-electron chi connectivity index (χ4n) is 3.17. The van der Waals surface area contributed by atoms with Crippen LogP contribution in [-0.4, -0.2) is 33.7 Å². The number of hydrogen-bond acceptors (Lipinski definition) is 4. The van der Waals surface area contributed by atoms with Crippen LogP contribution in [0.3, 0.4) is 0 Å². The molecule has 2 aromatic carbocycles. The Morgan fingerprint density at radius 3 is 2.38 bits per heavy atom. The normalized spacial score (nSPS) is 15.7. The van der Waals surface area contributed by atoms with Crippen LogP contribution in [0.1, 0.15) is 27.9 Å². The molecular weight excluding hydrogens is 352 g/mol. The van der Waals surface area contributed by atoms with Gasteiger partial charge < -0.3 is 10.1 Å². The first-order chi connectivity index (χ1) is 12.3. The fraction of sp³-hybridized carbons (Fsp3) is 0.316. The molecule has 1 saturated heterocycles. The average molecular weight is 374 g/mol. The molecule has 1 heterocycles. The van der Waals surface area contributed by atoms with Gasteiger partial charge in [0.1, 0.15) is 5.75 Å². The maximum Gasteiger partial charge on any atom is 0.255 e. The van der Waals surface area contributed by atoms with E-state index in [4.69, 9.17) is 4.74 Å². The summed E-state index contributed by atoms with van der Waals surface area (Å²) >= 11 is 0. The van der Waals surface area contributed by atoms with E-state index in [1.54, 1.807) is 18.2 Å². The minimum atomic E-state index is -3.26. The molecule has 7 heteroatoms. The van der Waals surface area contributed by atoms with Crippen LogP contribution >= 0.6 is 0 Å². The van der Waals surface area contributed by atoms with Crippen molar-refractivity contribution < 1.29 is 17.9 Å². The van der Waals surface area contributed by atoms with Crippen LogP contribution in [0.5, 0.6) is 5.75 Å². The number of nitrogens with one attached hydrogen (secondary N) is 1. The second-order valence-electron chi connectivity index (χ2n) is 6.46. The Kier molecular flexibility index (Phi) is 4.91. The van der Waals surface area contributed by atoms with Gasteiger partial charge in [0, 0.05) is 18.2 Å². The Morgan fingerprint density at radius 2 is 1.81 bits per heavy atom. The van der Waals surface area contributed by atoms with E-state index in [-0.39, 0.29) is 11.7 Å². The lowest BCUT2D eigenvalue weighted by atomic mass is 10.1. The minimum absolute atomic E-state index is 0.153. The highest BCUT2D eigenvalue weighted by Crippen LogP contribution is 2.33. The van der Waals surface area contributed by atoms with Gasteiger partial charge in [-0.15, -0.1) is 0 Å². The Morgan fingerprint density at radius 1 is 1.12 bits per heavy atom. The van der Waals surface area contributed by atoms with Gasteiger partial charge in [0.25, 0.3) is 5.91 Å². The van der Waals surface area contributed by atoms with Crippen molar-refractivity contribution in [1.82, 2.24) is 0 Å². The quantitative estimate of drug-likeness (QED) is 0.892. The summed E-state index contributed by atoms with van der Waals surface area (Å²) in [7, 11) is -1.77. The van der Waals surface area contributed by atoms with Crippen molar-refractivity contribution in [2.45, 2.75) is 20.3 Å². The average Bonchev–Trinajstić information content (AvgIpc) is 2.93. The lowest BCUT2D eigenvalue weighted by molar-refractivity contribution is 0.102. The molecule has 26 heavy (non-hydrogen) atoms. The monoisotopic (exact) mass is 374 g/mol. The van der Waals surface area contributed by atoms with Gasteiger partial charge in [0.15, 0.2) is 0 Å². The SMILES string of the molecule is COc1cc(N2CCCS2(=O)=O)ccc1NC(=O)c1cc(C)cc(C)c1. The number of sulfonamides is 1. The molecule has 3 rings (SSSR count). The van der Waals surface area contributed by atoms with E-state index in [0.717, 1.165) is 11.1 Å². The Hall–Kier alpha value is -2.54. The molecule has 2 aromatic rings. The van der Waals surface area contributed by atoms with Crippen molar-refractivity contribution in [3.63, 3.8) is 0 Å². The Labute approximate surface area is 153 Å². The standard InChI is InChI=1S/C19H22N2O4S/c1-13-9-14(2)11-15(10-13)19(22)20-17-6-5-16(12-18(17)25-3)21-7-4-8-26(21,23)24/h5-6,9-12H,4,7-8H2,1-3H3,(H,20,22). The van der Waals surface area contributed by atoms with Gasteiger partial charge in [-0.05, 0) is 44.5 Å². The number of benzene rings is 2. The zero-order valence-electron chi connectivity index (χ0n) is 15.1. The zero-order chi connectivity index (χ0) is 18.9. The van der Waals surface area contributed by atoms with Crippen LogP contribution in [0.2, 0.25) is 0 Å². The third-order valence-electron chi connectivity index (χ3n) is 4.30. The fourth-order valence-corrected chi connectivity index (χ4v) is 4.72. The van der Waals surface area contributed by atoms with Crippen molar-refractivity contribution in [3.8, 4) is 5.75 Å². The van der Waals surface area contributed by atoms with Gasteiger partial charge in [-0.2, -0.15) is 0 Å². The van der Waals surface area contributed by atoms with E-state index in [1.165, 1.54) is 11.4 Å². The van der Waals surface area contributed by atoms with E-state index >= 15 is 0 Å². The second kappa shape index (κ2) is 6.99. The molecule has 0 saturated carbocycles. The molecule has 1 amide bonds. The van der Waals surface area contributed by atoms with Crippen LogP contribution in [0.15, 0.2) is 36.4 Å². The summed E-state index contributed by atoms with van der Waals surface area (Å²) in [5.74, 6) is 0.333. The van der Waals surface area contributed by atoms with Gasteiger partial charge in [0.05, 0.1) is 24.2 Å². The number of rotatable bonds is 4. The molecule has 0 radical (unpaired) electrons. The summed E-state index contributed by atoms with van der Waals surface area (Å²) in [4.78, 5) is 12.6. The first kappa shape index (κ1) is 18.3. The van der Waals surface area contributed by atoms with Crippen LogP contribution in [0, 0.1) is 13.8 Å². The first-order valence-electron chi connectivity index (χ1n) is 8.38. The maximum absolute atomic E-state index is 12.6. The van der Waals surface area contributed by atoms with Crippen LogP contribution in [0.4, 0.5) is 11.4 Å². The number of carbonyl (C=O) groups excluding carboxylic acids is 1. The summed E-state index contributed by atoms with van der Waals surface area (Å²) < 4.78 is 30.9. The minimum Gasteiger partial charge on any atom is -0.494 e. The number of hydrogen-bond donors (Lipinski definition) is 1. The molecule has 1 fully saturated rings.